The number of carboxylic acid groups (broad SMARTS) is 1. The second-order valence-corrected chi connectivity index (χ2v) is 9.20. The van der Waals surface area contributed by atoms with Gasteiger partial charge in [0.1, 0.15) is 9.84 Å². The largest absolute Gasteiger partial charge is 0.481 e. The maximum atomic E-state index is 11.9. The number of carboxylic acids is 1. The first-order valence-electron chi connectivity index (χ1n) is 9.36. The number of hydrogen-bond donors (Lipinski definition) is 2. The van der Waals surface area contributed by atoms with E-state index < -0.39 is 15.8 Å². The van der Waals surface area contributed by atoms with Crippen molar-refractivity contribution in [2.45, 2.75) is 102 Å². The molecule has 0 saturated carbocycles. The number of aliphatic hydroxyl groups excluding tert-OH is 1. The van der Waals surface area contributed by atoms with Crippen molar-refractivity contribution < 1.29 is 23.4 Å². The Morgan fingerprint density at radius 1 is 0.875 bits per heavy atom. The van der Waals surface area contributed by atoms with Crippen LogP contribution in [0.1, 0.15) is 90.4 Å². The fourth-order valence-corrected chi connectivity index (χ4v) is 4.12. The van der Waals surface area contributed by atoms with Gasteiger partial charge in [0.2, 0.25) is 0 Å². The molecular formula is C18H36O5S. The van der Waals surface area contributed by atoms with E-state index in [1.165, 1.54) is 6.26 Å². The molecule has 0 aromatic rings. The first-order chi connectivity index (χ1) is 11.3. The van der Waals surface area contributed by atoms with Gasteiger partial charge in [-0.25, -0.2) is 8.42 Å². The molecule has 2 atom stereocenters. The number of rotatable bonds is 16. The van der Waals surface area contributed by atoms with Gasteiger partial charge >= 0.3 is 5.97 Å². The van der Waals surface area contributed by atoms with Crippen LogP contribution >= 0.6 is 0 Å². The average molecular weight is 365 g/mol. The molecule has 0 unspecified atom stereocenters. The molecule has 0 amide bonds. The SMILES string of the molecule is CCCCC[C@@H](O)CCC[C@@H](CCCCCCC(=O)O)S(C)(=O)=O. The zero-order chi connectivity index (χ0) is 18.4. The molecule has 2 N–H and O–H groups in total. The second-order valence-electron chi connectivity index (χ2n) is 6.88. The lowest BCUT2D eigenvalue weighted by molar-refractivity contribution is -0.137. The average Bonchev–Trinajstić information content (AvgIpc) is 2.47. The molecule has 0 aromatic carbocycles. The number of hydrogen-bond acceptors (Lipinski definition) is 4. The van der Waals surface area contributed by atoms with Crippen LogP contribution in [0, 0.1) is 0 Å². The maximum absolute atomic E-state index is 11.9. The van der Waals surface area contributed by atoms with Gasteiger partial charge in [-0.1, -0.05) is 45.4 Å². The molecule has 0 bridgehead atoms. The van der Waals surface area contributed by atoms with E-state index in [2.05, 4.69) is 6.92 Å². The van der Waals surface area contributed by atoms with Gasteiger partial charge < -0.3 is 10.2 Å². The van der Waals surface area contributed by atoms with E-state index in [-0.39, 0.29) is 17.8 Å². The molecule has 6 heteroatoms. The van der Waals surface area contributed by atoms with Gasteiger partial charge in [-0.05, 0) is 38.5 Å². The van der Waals surface area contributed by atoms with Crippen molar-refractivity contribution in [3.05, 3.63) is 0 Å². The van der Waals surface area contributed by atoms with Gasteiger partial charge in [-0.3, -0.25) is 4.79 Å². The maximum Gasteiger partial charge on any atom is 0.303 e. The van der Waals surface area contributed by atoms with Gasteiger partial charge in [0.05, 0.1) is 11.4 Å². The summed E-state index contributed by atoms with van der Waals surface area (Å²) >= 11 is 0. The Balaban J connectivity index is 3.96. The molecule has 5 nitrogen and oxygen atoms in total. The van der Waals surface area contributed by atoms with E-state index in [0.717, 1.165) is 51.4 Å². The molecule has 24 heavy (non-hydrogen) atoms. The van der Waals surface area contributed by atoms with Crippen molar-refractivity contribution in [2.24, 2.45) is 0 Å². The molecule has 0 heterocycles. The normalized spacial score (nSPS) is 14.5. The molecule has 0 fully saturated rings. The molecule has 0 saturated heterocycles. The predicted molar refractivity (Wildman–Crippen MR) is 98.0 cm³/mol. The molecule has 144 valence electrons. The number of aliphatic carboxylic acids is 1. The second kappa shape index (κ2) is 13.6. The molecular weight excluding hydrogens is 328 g/mol. The lowest BCUT2D eigenvalue weighted by Crippen LogP contribution is -2.20. The third-order valence-electron chi connectivity index (χ3n) is 4.48. The van der Waals surface area contributed by atoms with E-state index in [4.69, 9.17) is 5.11 Å². The van der Waals surface area contributed by atoms with Gasteiger partial charge in [0.25, 0.3) is 0 Å². The Hall–Kier alpha value is -0.620. The van der Waals surface area contributed by atoms with Crippen LogP contribution in [0.4, 0.5) is 0 Å². The highest BCUT2D eigenvalue weighted by atomic mass is 32.2. The summed E-state index contributed by atoms with van der Waals surface area (Å²) in [4.78, 5) is 10.4. The fourth-order valence-electron chi connectivity index (χ4n) is 2.93. The zero-order valence-electron chi connectivity index (χ0n) is 15.4. The smallest absolute Gasteiger partial charge is 0.303 e. The van der Waals surface area contributed by atoms with Crippen LogP contribution in [0.15, 0.2) is 0 Å². The highest BCUT2D eigenvalue weighted by Gasteiger charge is 2.20. The highest BCUT2D eigenvalue weighted by molar-refractivity contribution is 7.91. The molecule has 0 aromatic heterocycles. The molecule has 0 aliphatic rings. The Kier molecular flexibility index (Phi) is 13.3. The van der Waals surface area contributed by atoms with E-state index in [1.54, 1.807) is 0 Å². The Labute approximate surface area is 147 Å². The number of sulfone groups is 1. The monoisotopic (exact) mass is 364 g/mol. The summed E-state index contributed by atoms with van der Waals surface area (Å²) in [7, 11) is -3.07. The summed E-state index contributed by atoms with van der Waals surface area (Å²) in [6.45, 7) is 2.13. The first-order valence-corrected chi connectivity index (χ1v) is 11.3. The number of aliphatic hydroxyl groups is 1. The Morgan fingerprint density at radius 3 is 2.00 bits per heavy atom. The van der Waals surface area contributed by atoms with Crippen molar-refractivity contribution >= 4 is 15.8 Å². The predicted octanol–water partition coefficient (Wildman–Crippen LogP) is 3.94. The van der Waals surface area contributed by atoms with Crippen molar-refractivity contribution in [1.82, 2.24) is 0 Å². The van der Waals surface area contributed by atoms with Crippen LogP contribution in [0.5, 0.6) is 0 Å². The van der Waals surface area contributed by atoms with Crippen LogP contribution in [0.25, 0.3) is 0 Å². The standard InChI is InChI=1S/C18H36O5S/c1-3-4-7-11-16(19)12-10-14-17(24(2,22)23)13-8-5-6-9-15-18(20)21/h16-17,19H,3-15H2,1-2H3,(H,20,21)/t16-,17-/m1/s1. The Morgan fingerprint density at radius 2 is 1.42 bits per heavy atom. The fraction of sp³-hybridized carbons (Fsp3) is 0.944. The van der Waals surface area contributed by atoms with Gasteiger partial charge in [-0.15, -0.1) is 0 Å². The third kappa shape index (κ3) is 13.8. The van der Waals surface area contributed by atoms with Crippen molar-refractivity contribution in [3.63, 3.8) is 0 Å². The number of carbonyl (C=O) groups is 1. The summed E-state index contributed by atoms with van der Waals surface area (Å²) in [6.07, 6.45) is 11.1. The van der Waals surface area contributed by atoms with E-state index >= 15 is 0 Å². The lowest BCUT2D eigenvalue weighted by Gasteiger charge is -2.16. The van der Waals surface area contributed by atoms with Gasteiger partial charge in [-0.2, -0.15) is 0 Å². The summed E-state index contributed by atoms with van der Waals surface area (Å²) in [5.74, 6) is -0.776. The van der Waals surface area contributed by atoms with Crippen LogP contribution in [0.3, 0.4) is 0 Å². The zero-order valence-corrected chi connectivity index (χ0v) is 16.2. The van der Waals surface area contributed by atoms with E-state index in [9.17, 15) is 18.3 Å². The number of unbranched alkanes of at least 4 members (excludes halogenated alkanes) is 5. The molecule has 0 rings (SSSR count). The molecule has 0 aliphatic heterocycles. The minimum Gasteiger partial charge on any atom is -0.481 e. The molecule has 0 radical (unpaired) electrons. The van der Waals surface area contributed by atoms with Crippen LogP contribution in [-0.4, -0.2) is 42.2 Å². The summed E-state index contributed by atoms with van der Waals surface area (Å²) in [5.41, 5.74) is 0. The van der Waals surface area contributed by atoms with E-state index in [1.807, 2.05) is 0 Å². The van der Waals surface area contributed by atoms with Crippen molar-refractivity contribution in [1.29, 1.82) is 0 Å². The summed E-state index contributed by atoms with van der Waals surface area (Å²) < 4.78 is 23.8. The summed E-state index contributed by atoms with van der Waals surface area (Å²) in [6, 6.07) is 0. The van der Waals surface area contributed by atoms with Crippen molar-refractivity contribution in [3.8, 4) is 0 Å². The van der Waals surface area contributed by atoms with Crippen LogP contribution < -0.4 is 0 Å². The third-order valence-corrected chi connectivity index (χ3v) is 6.16. The van der Waals surface area contributed by atoms with Crippen LogP contribution in [-0.2, 0) is 14.6 Å². The topological polar surface area (TPSA) is 91.7 Å². The Bertz CT molecular complexity index is 419. The molecule has 0 spiro atoms. The minimum absolute atomic E-state index is 0.186. The highest BCUT2D eigenvalue weighted by Crippen LogP contribution is 2.19. The van der Waals surface area contributed by atoms with Crippen molar-refractivity contribution in [2.75, 3.05) is 6.26 Å². The first kappa shape index (κ1) is 23.4. The van der Waals surface area contributed by atoms with E-state index in [0.29, 0.717) is 25.7 Å². The van der Waals surface area contributed by atoms with Crippen LogP contribution in [0.2, 0.25) is 0 Å². The molecule has 0 aliphatic carbocycles. The lowest BCUT2D eigenvalue weighted by atomic mass is 10.0. The summed E-state index contributed by atoms with van der Waals surface area (Å²) in [5, 5.41) is 18.2. The minimum atomic E-state index is -3.07. The van der Waals surface area contributed by atoms with Gasteiger partial charge in [0.15, 0.2) is 0 Å². The quantitative estimate of drug-likeness (QED) is 0.405. The van der Waals surface area contributed by atoms with Gasteiger partial charge in [0, 0.05) is 12.7 Å².